The minimum atomic E-state index is -0.0634. The van der Waals surface area contributed by atoms with E-state index in [2.05, 4.69) is 13.5 Å². The Kier molecular flexibility index (Phi) is 5.52. The Labute approximate surface area is 108 Å². The first-order chi connectivity index (χ1) is 8.08. The van der Waals surface area contributed by atoms with Crippen LogP contribution in [0.25, 0.3) is 0 Å². The zero-order chi connectivity index (χ0) is 12.8. The van der Waals surface area contributed by atoms with Gasteiger partial charge in [0.25, 0.3) is 0 Å². The molecule has 2 atom stereocenters. The van der Waals surface area contributed by atoms with Gasteiger partial charge >= 0.3 is 0 Å². The number of nitrogens with two attached hydrogens (primary N) is 1. The molecule has 94 valence electrons. The van der Waals surface area contributed by atoms with Gasteiger partial charge in [0.15, 0.2) is 0 Å². The highest BCUT2D eigenvalue weighted by molar-refractivity contribution is 6.32. The van der Waals surface area contributed by atoms with Crippen LogP contribution in [0.2, 0.25) is 5.02 Å². The van der Waals surface area contributed by atoms with Crippen LogP contribution in [0.3, 0.4) is 0 Å². The van der Waals surface area contributed by atoms with E-state index in [0.717, 1.165) is 24.2 Å². The summed E-state index contributed by atoms with van der Waals surface area (Å²) < 4.78 is 5.77. The average molecular weight is 254 g/mol. The van der Waals surface area contributed by atoms with Gasteiger partial charge in [-0.25, -0.2) is 0 Å². The fraction of sp³-hybridized carbons (Fsp3) is 0.429. The van der Waals surface area contributed by atoms with Gasteiger partial charge in [-0.15, -0.1) is 0 Å². The SMILES string of the molecule is C=CC(C)Oc1c(Cl)cccc1CC(N)CC. The van der Waals surface area contributed by atoms with Gasteiger partial charge in [-0.3, -0.25) is 0 Å². The summed E-state index contributed by atoms with van der Waals surface area (Å²) in [6.45, 7) is 7.70. The molecule has 0 heterocycles. The molecule has 3 heteroatoms. The van der Waals surface area contributed by atoms with Gasteiger partial charge in [-0.2, -0.15) is 0 Å². The van der Waals surface area contributed by atoms with Gasteiger partial charge < -0.3 is 10.5 Å². The summed E-state index contributed by atoms with van der Waals surface area (Å²) in [5.41, 5.74) is 7.02. The lowest BCUT2D eigenvalue weighted by molar-refractivity contribution is 0.267. The molecule has 0 fully saturated rings. The van der Waals surface area contributed by atoms with Gasteiger partial charge in [-0.1, -0.05) is 43.3 Å². The van der Waals surface area contributed by atoms with E-state index < -0.39 is 0 Å². The van der Waals surface area contributed by atoms with Crippen molar-refractivity contribution in [3.8, 4) is 5.75 Å². The molecule has 0 saturated heterocycles. The molecule has 0 saturated carbocycles. The highest BCUT2D eigenvalue weighted by Crippen LogP contribution is 2.30. The maximum absolute atomic E-state index is 6.16. The van der Waals surface area contributed by atoms with Crippen molar-refractivity contribution in [1.82, 2.24) is 0 Å². The third kappa shape index (κ3) is 4.06. The zero-order valence-electron chi connectivity index (χ0n) is 10.4. The smallest absolute Gasteiger partial charge is 0.142 e. The molecule has 2 nitrogen and oxygen atoms in total. The Hall–Kier alpha value is -0.990. The first-order valence-corrected chi connectivity index (χ1v) is 6.28. The van der Waals surface area contributed by atoms with Crippen molar-refractivity contribution in [2.75, 3.05) is 0 Å². The molecule has 17 heavy (non-hydrogen) atoms. The Morgan fingerprint density at radius 2 is 2.24 bits per heavy atom. The molecule has 0 spiro atoms. The Morgan fingerprint density at radius 3 is 2.82 bits per heavy atom. The first-order valence-electron chi connectivity index (χ1n) is 5.90. The van der Waals surface area contributed by atoms with Crippen LogP contribution < -0.4 is 10.5 Å². The molecule has 2 unspecified atom stereocenters. The molecular weight excluding hydrogens is 234 g/mol. The van der Waals surface area contributed by atoms with Crippen molar-refractivity contribution in [2.24, 2.45) is 5.73 Å². The van der Waals surface area contributed by atoms with E-state index in [-0.39, 0.29) is 12.1 Å². The molecular formula is C14H20ClNO. The van der Waals surface area contributed by atoms with Crippen LogP contribution in [-0.2, 0) is 6.42 Å². The highest BCUT2D eigenvalue weighted by atomic mass is 35.5. The highest BCUT2D eigenvalue weighted by Gasteiger charge is 2.12. The predicted octanol–water partition coefficient (Wildman–Crippen LogP) is 3.57. The van der Waals surface area contributed by atoms with Crippen molar-refractivity contribution < 1.29 is 4.74 Å². The summed E-state index contributed by atoms with van der Waals surface area (Å²) in [5, 5.41) is 0.625. The summed E-state index contributed by atoms with van der Waals surface area (Å²) in [7, 11) is 0. The molecule has 1 rings (SSSR count). The molecule has 0 aromatic heterocycles. The largest absolute Gasteiger partial charge is 0.485 e. The Morgan fingerprint density at radius 1 is 1.53 bits per heavy atom. The fourth-order valence-corrected chi connectivity index (χ4v) is 1.75. The lowest BCUT2D eigenvalue weighted by Crippen LogP contribution is -2.22. The summed E-state index contributed by atoms with van der Waals surface area (Å²) >= 11 is 6.16. The van der Waals surface area contributed by atoms with Crippen LogP contribution in [0, 0.1) is 0 Å². The first kappa shape index (κ1) is 14.1. The van der Waals surface area contributed by atoms with Gasteiger partial charge in [0, 0.05) is 6.04 Å². The maximum Gasteiger partial charge on any atom is 0.142 e. The number of ether oxygens (including phenoxy) is 1. The minimum absolute atomic E-state index is 0.0634. The third-order valence-electron chi connectivity index (χ3n) is 2.69. The molecule has 0 aliphatic carbocycles. The molecule has 0 amide bonds. The van der Waals surface area contributed by atoms with E-state index in [1.54, 1.807) is 6.08 Å². The van der Waals surface area contributed by atoms with Crippen molar-refractivity contribution in [3.63, 3.8) is 0 Å². The third-order valence-corrected chi connectivity index (χ3v) is 2.99. The van der Waals surface area contributed by atoms with Crippen LogP contribution in [0.4, 0.5) is 0 Å². The van der Waals surface area contributed by atoms with Gasteiger partial charge in [0.2, 0.25) is 0 Å². The number of hydrogen-bond acceptors (Lipinski definition) is 2. The van der Waals surface area contributed by atoms with E-state index in [1.165, 1.54) is 0 Å². The van der Waals surface area contributed by atoms with Crippen molar-refractivity contribution in [3.05, 3.63) is 41.4 Å². The maximum atomic E-state index is 6.16. The number of para-hydroxylation sites is 1. The second kappa shape index (κ2) is 6.67. The van der Waals surface area contributed by atoms with Gasteiger partial charge in [0.1, 0.15) is 11.9 Å². The van der Waals surface area contributed by atoms with E-state index in [4.69, 9.17) is 22.1 Å². The fourth-order valence-electron chi connectivity index (χ4n) is 1.51. The van der Waals surface area contributed by atoms with Crippen LogP contribution >= 0.6 is 11.6 Å². The number of benzene rings is 1. The number of hydrogen-bond donors (Lipinski definition) is 1. The quantitative estimate of drug-likeness (QED) is 0.787. The van der Waals surface area contributed by atoms with Gasteiger partial charge in [0.05, 0.1) is 5.02 Å². The van der Waals surface area contributed by atoms with Crippen molar-refractivity contribution in [2.45, 2.75) is 38.8 Å². The number of rotatable bonds is 6. The monoisotopic (exact) mass is 253 g/mol. The van der Waals surface area contributed by atoms with Crippen molar-refractivity contribution >= 4 is 11.6 Å². The summed E-state index contributed by atoms with van der Waals surface area (Å²) in [5.74, 6) is 0.727. The molecule has 0 aliphatic rings. The van der Waals surface area contributed by atoms with E-state index in [9.17, 15) is 0 Å². The summed E-state index contributed by atoms with van der Waals surface area (Å²) in [6, 6.07) is 5.89. The second-order valence-corrected chi connectivity index (χ2v) is 4.57. The molecule has 0 aliphatic heterocycles. The Bertz CT molecular complexity index is 378. The average Bonchev–Trinajstić information content (AvgIpc) is 2.33. The van der Waals surface area contributed by atoms with E-state index in [0.29, 0.717) is 5.02 Å². The normalized spacial score (nSPS) is 14.1. The van der Waals surface area contributed by atoms with Crippen LogP contribution in [0.15, 0.2) is 30.9 Å². The molecule has 2 N–H and O–H groups in total. The standard InChI is InChI=1S/C14H20ClNO/c1-4-10(3)17-14-11(9-12(16)5-2)7-6-8-13(14)15/h4,6-8,10,12H,1,5,9,16H2,2-3H3. The lowest BCUT2D eigenvalue weighted by atomic mass is 10.0. The predicted molar refractivity (Wildman–Crippen MR) is 73.7 cm³/mol. The molecule has 1 aromatic rings. The second-order valence-electron chi connectivity index (χ2n) is 4.16. The molecule has 0 radical (unpaired) electrons. The summed E-state index contributed by atoms with van der Waals surface area (Å²) in [4.78, 5) is 0. The minimum Gasteiger partial charge on any atom is -0.485 e. The lowest BCUT2D eigenvalue weighted by Gasteiger charge is -2.18. The topological polar surface area (TPSA) is 35.2 Å². The van der Waals surface area contributed by atoms with Crippen LogP contribution in [0.1, 0.15) is 25.8 Å². The Balaban J connectivity index is 2.95. The van der Waals surface area contributed by atoms with E-state index in [1.807, 2.05) is 25.1 Å². The summed E-state index contributed by atoms with van der Waals surface area (Å²) in [6.07, 6.45) is 3.39. The molecule has 1 aromatic carbocycles. The number of halogens is 1. The molecule has 0 bridgehead atoms. The van der Waals surface area contributed by atoms with Crippen LogP contribution in [-0.4, -0.2) is 12.1 Å². The van der Waals surface area contributed by atoms with Crippen molar-refractivity contribution in [1.29, 1.82) is 0 Å². The zero-order valence-corrected chi connectivity index (χ0v) is 11.2. The van der Waals surface area contributed by atoms with E-state index >= 15 is 0 Å². The van der Waals surface area contributed by atoms with Gasteiger partial charge in [-0.05, 0) is 31.4 Å². The van der Waals surface area contributed by atoms with Crippen LogP contribution in [0.5, 0.6) is 5.75 Å².